The van der Waals surface area contributed by atoms with E-state index in [0.717, 1.165) is 35.8 Å². The molecule has 0 radical (unpaired) electrons. The summed E-state index contributed by atoms with van der Waals surface area (Å²) in [5.74, 6) is 0. The third kappa shape index (κ3) is 2.88. The molecule has 0 bridgehead atoms. The highest BCUT2D eigenvalue weighted by Crippen LogP contribution is 2.29. The highest BCUT2D eigenvalue weighted by atomic mass is 35.5. The first-order valence-electron chi connectivity index (χ1n) is 6.84. The van der Waals surface area contributed by atoms with Gasteiger partial charge >= 0.3 is 0 Å². The summed E-state index contributed by atoms with van der Waals surface area (Å²) in [4.78, 5) is 4.62. The standard InChI is InChI=1S/C16H15N3S.ClH/c1-2-4-15-14(3-1)19-16(20-15)18-13-6-5-12-10-17-8-7-11(12)9-13;/h1-6,9,17H,7-8,10H2,(H,18,19);1H. The fourth-order valence-electron chi connectivity index (χ4n) is 2.60. The molecular formula is C16H16ClN3S. The van der Waals surface area contributed by atoms with Crippen LogP contribution in [0.3, 0.4) is 0 Å². The maximum Gasteiger partial charge on any atom is 0.188 e. The molecule has 3 nitrogen and oxygen atoms in total. The number of halogens is 1. The minimum atomic E-state index is 0. The van der Waals surface area contributed by atoms with Crippen molar-refractivity contribution >= 4 is 44.8 Å². The summed E-state index contributed by atoms with van der Waals surface area (Å²) in [6, 6.07) is 14.8. The first-order chi connectivity index (χ1) is 9.88. The molecule has 0 spiro atoms. The van der Waals surface area contributed by atoms with Gasteiger partial charge in [-0.3, -0.25) is 0 Å². The molecule has 2 N–H and O–H groups in total. The van der Waals surface area contributed by atoms with Crippen LogP contribution >= 0.6 is 23.7 Å². The zero-order valence-electron chi connectivity index (χ0n) is 11.4. The number of rotatable bonds is 2. The van der Waals surface area contributed by atoms with Crippen LogP contribution < -0.4 is 10.6 Å². The number of benzene rings is 2. The predicted molar refractivity (Wildman–Crippen MR) is 92.0 cm³/mol. The lowest BCUT2D eigenvalue weighted by Gasteiger charge is -2.17. The van der Waals surface area contributed by atoms with Crippen molar-refractivity contribution in [2.45, 2.75) is 13.0 Å². The molecule has 1 aromatic heterocycles. The van der Waals surface area contributed by atoms with Crippen LogP contribution in [0, 0.1) is 0 Å². The zero-order chi connectivity index (χ0) is 13.4. The number of thiazole rings is 1. The maximum absolute atomic E-state index is 4.62. The summed E-state index contributed by atoms with van der Waals surface area (Å²) in [5.41, 5.74) is 5.04. The van der Waals surface area contributed by atoms with Gasteiger partial charge in [0.05, 0.1) is 10.2 Å². The van der Waals surface area contributed by atoms with Gasteiger partial charge in [-0.1, -0.05) is 29.5 Å². The Morgan fingerprint density at radius 1 is 1.10 bits per heavy atom. The van der Waals surface area contributed by atoms with E-state index in [1.54, 1.807) is 11.3 Å². The molecule has 2 heterocycles. The van der Waals surface area contributed by atoms with E-state index in [2.05, 4.69) is 52.0 Å². The average molecular weight is 318 g/mol. The number of nitrogens with zero attached hydrogens (tertiary/aromatic N) is 1. The van der Waals surface area contributed by atoms with Crippen LogP contribution in [0.5, 0.6) is 0 Å². The van der Waals surface area contributed by atoms with Crippen molar-refractivity contribution in [3.63, 3.8) is 0 Å². The van der Waals surface area contributed by atoms with E-state index in [0.29, 0.717) is 0 Å². The lowest BCUT2D eigenvalue weighted by atomic mass is 10.0. The largest absolute Gasteiger partial charge is 0.332 e. The Labute approximate surface area is 133 Å². The maximum atomic E-state index is 4.62. The summed E-state index contributed by atoms with van der Waals surface area (Å²) in [7, 11) is 0. The van der Waals surface area contributed by atoms with Gasteiger partial charge in [-0.15, -0.1) is 12.4 Å². The molecule has 0 saturated carbocycles. The molecule has 0 saturated heterocycles. The molecule has 1 aliphatic heterocycles. The topological polar surface area (TPSA) is 37.0 Å². The lowest BCUT2D eigenvalue weighted by Crippen LogP contribution is -2.23. The Morgan fingerprint density at radius 2 is 2.00 bits per heavy atom. The molecule has 0 atom stereocenters. The van der Waals surface area contributed by atoms with Gasteiger partial charge in [-0.05, 0) is 48.4 Å². The van der Waals surface area contributed by atoms with Crippen LogP contribution in [0.4, 0.5) is 10.8 Å². The van der Waals surface area contributed by atoms with Gasteiger partial charge in [0.1, 0.15) is 0 Å². The Bertz CT molecular complexity index is 736. The Hall–Kier alpha value is -1.62. The molecule has 0 unspecified atom stereocenters. The van der Waals surface area contributed by atoms with E-state index in [1.165, 1.54) is 15.8 Å². The first-order valence-corrected chi connectivity index (χ1v) is 7.65. The van der Waals surface area contributed by atoms with Crippen LogP contribution in [-0.4, -0.2) is 11.5 Å². The normalized spacial score (nSPS) is 13.5. The van der Waals surface area contributed by atoms with Crippen molar-refractivity contribution in [3.8, 4) is 0 Å². The number of hydrogen-bond acceptors (Lipinski definition) is 4. The van der Waals surface area contributed by atoms with Crippen LogP contribution in [0.2, 0.25) is 0 Å². The lowest BCUT2D eigenvalue weighted by molar-refractivity contribution is 0.644. The second kappa shape index (κ2) is 6.02. The van der Waals surface area contributed by atoms with Crippen molar-refractivity contribution in [1.29, 1.82) is 0 Å². The number of fused-ring (bicyclic) bond motifs is 2. The van der Waals surface area contributed by atoms with Gasteiger partial charge in [0.2, 0.25) is 0 Å². The third-order valence-electron chi connectivity index (χ3n) is 3.64. The summed E-state index contributed by atoms with van der Waals surface area (Å²) in [6.45, 7) is 2.05. The minimum Gasteiger partial charge on any atom is -0.332 e. The van der Waals surface area contributed by atoms with Crippen LogP contribution in [0.15, 0.2) is 42.5 Å². The molecule has 21 heavy (non-hydrogen) atoms. The van der Waals surface area contributed by atoms with Gasteiger partial charge in [0.15, 0.2) is 5.13 Å². The zero-order valence-corrected chi connectivity index (χ0v) is 13.1. The summed E-state index contributed by atoms with van der Waals surface area (Å²) >= 11 is 1.69. The Balaban J connectivity index is 0.00000132. The van der Waals surface area contributed by atoms with E-state index < -0.39 is 0 Å². The molecule has 3 aromatic rings. The van der Waals surface area contributed by atoms with E-state index in [4.69, 9.17) is 0 Å². The summed E-state index contributed by atoms with van der Waals surface area (Å²) in [5, 5.41) is 7.79. The molecule has 4 rings (SSSR count). The fourth-order valence-corrected chi connectivity index (χ4v) is 3.49. The molecule has 2 aromatic carbocycles. The van der Waals surface area contributed by atoms with Crippen molar-refractivity contribution in [2.24, 2.45) is 0 Å². The monoisotopic (exact) mass is 317 g/mol. The Kier molecular flexibility index (Phi) is 4.10. The Morgan fingerprint density at radius 3 is 2.90 bits per heavy atom. The number of anilines is 2. The number of hydrogen-bond donors (Lipinski definition) is 2. The average Bonchev–Trinajstić information content (AvgIpc) is 2.89. The number of nitrogens with one attached hydrogen (secondary N) is 2. The molecule has 108 valence electrons. The van der Waals surface area contributed by atoms with Crippen LogP contribution in [-0.2, 0) is 13.0 Å². The van der Waals surface area contributed by atoms with Gasteiger partial charge in [0.25, 0.3) is 0 Å². The fraction of sp³-hybridized carbons (Fsp3) is 0.188. The van der Waals surface area contributed by atoms with Gasteiger partial charge < -0.3 is 10.6 Å². The summed E-state index contributed by atoms with van der Waals surface area (Å²) in [6.07, 6.45) is 1.10. The van der Waals surface area contributed by atoms with Crippen molar-refractivity contribution in [1.82, 2.24) is 10.3 Å². The quantitative estimate of drug-likeness (QED) is 0.747. The van der Waals surface area contributed by atoms with Crippen molar-refractivity contribution in [2.75, 3.05) is 11.9 Å². The number of aromatic nitrogens is 1. The van der Waals surface area contributed by atoms with Crippen molar-refractivity contribution in [3.05, 3.63) is 53.6 Å². The third-order valence-corrected chi connectivity index (χ3v) is 4.59. The molecule has 0 aliphatic carbocycles. The smallest absolute Gasteiger partial charge is 0.188 e. The van der Waals surface area contributed by atoms with Gasteiger partial charge in [-0.25, -0.2) is 4.98 Å². The van der Waals surface area contributed by atoms with E-state index in [1.807, 2.05) is 6.07 Å². The predicted octanol–water partition coefficient (Wildman–Crippen LogP) is 4.11. The van der Waals surface area contributed by atoms with E-state index in [-0.39, 0.29) is 12.4 Å². The van der Waals surface area contributed by atoms with Gasteiger partial charge in [0, 0.05) is 12.2 Å². The van der Waals surface area contributed by atoms with Gasteiger partial charge in [-0.2, -0.15) is 0 Å². The molecular weight excluding hydrogens is 302 g/mol. The second-order valence-electron chi connectivity index (χ2n) is 5.02. The highest BCUT2D eigenvalue weighted by molar-refractivity contribution is 7.22. The van der Waals surface area contributed by atoms with E-state index >= 15 is 0 Å². The summed E-state index contributed by atoms with van der Waals surface area (Å²) < 4.78 is 1.22. The van der Waals surface area contributed by atoms with Crippen LogP contribution in [0.1, 0.15) is 11.1 Å². The number of para-hydroxylation sites is 1. The SMILES string of the molecule is Cl.c1ccc2sc(Nc3ccc4c(c3)CCNC4)nc2c1. The van der Waals surface area contributed by atoms with E-state index in [9.17, 15) is 0 Å². The minimum absolute atomic E-state index is 0. The molecule has 0 amide bonds. The highest BCUT2D eigenvalue weighted by Gasteiger charge is 2.09. The van der Waals surface area contributed by atoms with Crippen LogP contribution in [0.25, 0.3) is 10.2 Å². The van der Waals surface area contributed by atoms with Crippen molar-refractivity contribution < 1.29 is 0 Å². The molecule has 5 heteroatoms. The molecule has 1 aliphatic rings. The molecule has 0 fully saturated rings. The second-order valence-corrected chi connectivity index (χ2v) is 6.05. The first kappa shape index (κ1) is 14.3.